The Morgan fingerprint density at radius 2 is 2.33 bits per heavy atom. The fourth-order valence-corrected chi connectivity index (χ4v) is 1.14. The van der Waals surface area contributed by atoms with Gasteiger partial charge in [0.2, 0.25) is 0 Å². The summed E-state index contributed by atoms with van der Waals surface area (Å²) in [5.74, 6) is 0.203. The zero-order valence-corrected chi connectivity index (χ0v) is 7.71. The van der Waals surface area contributed by atoms with Crippen LogP contribution in [0.25, 0.3) is 0 Å². The SMILES string of the molecule is N#Cc1c(OC2CC2)cncc1[N+](=O)[O-]. The third-order valence-electron chi connectivity index (χ3n) is 2.02. The van der Waals surface area contributed by atoms with Crippen molar-refractivity contribution in [3.63, 3.8) is 0 Å². The molecular weight excluding hydrogens is 198 g/mol. The van der Waals surface area contributed by atoms with Crippen molar-refractivity contribution in [1.82, 2.24) is 4.98 Å². The van der Waals surface area contributed by atoms with Gasteiger partial charge in [-0.2, -0.15) is 5.26 Å². The Balaban J connectivity index is 2.40. The van der Waals surface area contributed by atoms with Crippen LogP contribution in [0.4, 0.5) is 5.69 Å². The third kappa shape index (κ3) is 1.86. The Morgan fingerprint density at radius 1 is 1.60 bits per heavy atom. The van der Waals surface area contributed by atoms with E-state index >= 15 is 0 Å². The zero-order chi connectivity index (χ0) is 10.8. The Bertz CT molecular complexity index is 448. The first-order valence-electron chi connectivity index (χ1n) is 4.41. The Hall–Kier alpha value is -2.16. The standard InChI is InChI=1S/C9H7N3O3/c10-3-7-8(12(13)14)4-11-5-9(7)15-6-1-2-6/h4-6H,1-2H2. The summed E-state index contributed by atoms with van der Waals surface area (Å²) in [4.78, 5) is 13.6. The molecule has 1 aromatic heterocycles. The van der Waals surface area contributed by atoms with Crippen molar-refractivity contribution in [3.8, 4) is 11.8 Å². The summed E-state index contributed by atoms with van der Waals surface area (Å²) in [5, 5.41) is 19.4. The first kappa shape index (κ1) is 9.40. The zero-order valence-electron chi connectivity index (χ0n) is 7.71. The predicted molar refractivity (Wildman–Crippen MR) is 49.3 cm³/mol. The van der Waals surface area contributed by atoms with Crippen LogP contribution in [0.3, 0.4) is 0 Å². The molecule has 6 nitrogen and oxygen atoms in total. The quantitative estimate of drug-likeness (QED) is 0.549. The van der Waals surface area contributed by atoms with Gasteiger partial charge < -0.3 is 4.74 Å². The largest absolute Gasteiger partial charge is 0.487 e. The van der Waals surface area contributed by atoms with Crippen molar-refractivity contribution in [2.45, 2.75) is 18.9 Å². The number of pyridine rings is 1. The van der Waals surface area contributed by atoms with E-state index in [1.807, 2.05) is 0 Å². The number of hydrogen-bond donors (Lipinski definition) is 0. The van der Waals surface area contributed by atoms with Crippen molar-refractivity contribution in [1.29, 1.82) is 5.26 Å². The lowest BCUT2D eigenvalue weighted by atomic mass is 10.2. The summed E-state index contributed by atoms with van der Waals surface area (Å²) < 4.78 is 5.35. The van der Waals surface area contributed by atoms with Gasteiger partial charge in [0.1, 0.15) is 12.3 Å². The molecule has 1 aromatic rings. The Morgan fingerprint density at radius 3 is 2.87 bits per heavy atom. The van der Waals surface area contributed by atoms with E-state index in [1.54, 1.807) is 6.07 Å². The summed E-state index contributed by atoms with van der Waals surface area (Å²) in [6.07, 6.45) is 4.32. The van der Waals surface area contributed by atoms with Gasteiger partial charge in [-0.05, 0) is 12.8 Å². The van der Waals surface area contributed by atoms with Gasteiger partial charge in [0.15, 0.2) is 11.3 Å². The minimum absolute atomic E-state index is 0.0538. The lowest BCUT2D eigenvalue weighted by Crippen LogP contribution is -2.01. The fraction of sp³-hybridized carbons (Fsp3) is 0.333. The molecule has 0 radical (unpaired) electrons. The highest BCUT2D eigenvalue weighted by Gasteiger charge is 2.27. The highest BCUT2D eigenvalue weighted by Crippen LogP contribution is 2.31. The maximum atomic E-state index is 10.6. The molecule has 0 bridgehead atoms. The molecule has 0 saturated heterocycles. The minimum atomic E-state index is -0.634. The second-order valence-electron chi connectivity index (χ2n) is 3.22. The molecule has 2 rings (SSSR count). The summed E-state index contributed by atoms with van der Waals surface area (Å²) in [6, 6.07) is 1.77. The van der Waals surface area contributed by atoms with E-state index in [0.717, 1.165) is 19.0 Å². The molecule has 0 amide bonds. The van der Waals surface area contributed by atoms with Gasteiger partial charge >= 0.3 is 5.69 Å². The van der Waals surface area contributed by atoms with Crippen LogP contribution in [0.5, 0.6) is 5.75 Å². The molecule has 1 heterocycles. The molecule has 1 aliphatic carbocycles. The normalized spacial score (nSPS) is 14.3. The molecule has 0 spiro atoms. The number of aromatic nitrogens is 1. The molecule has 76 valence electrons. The van der Waals surface area contributed by atoms with Crippen LogP contribution in [-0.2, 0) is 0 Å². The molecule has 0 unspecified atom stereocenters. The number of ether oxygens (including phenoxy) is 1. The number of hydrogen-bond acceptors (Lipinski definition) is 5. The van der Waals surface area contributed by atoms with E-state index in [1.165, 1.54) is 6.20 Å². The Labute approximate surface area is 85.3 Å². The van der Waals surface area contributed by atoms with Crippen molar-refractivity contribution < 1.29 is 9.66 Å². The summed E-state index contributed by atoms with van der Waals surface area (Å²) >= 11 is 0. The molecule has 6 heteroatoms. The van der Waals surface area contributed by atoms with Crippen LogP contribution in [-0.4, -0.2) is 16.0 Å². The third-order valence-corrected chi connectivity index (χ3v) is 2.02. The van der Waals surface area contributed by atoms with Crippen LogP contribution in [0.15, 0.2) is 12.4 Å². The molecule has 1 aliphatic rings. The van der Waals surface area contributed by atoms with Crippen LogP contribution in [0.1, 0.15) is 18.4 Å². The van der Waals surface area contributed by atoms with Gasteiger partial charge in [-0.3, -0.25) is 15.1 Å². The highest BCUT2D eigenvalue weighted by molar-refractivity contribution is 5.54. The van der Waals surface area contributed by atoms with Crippen LogP contribution in [0, 0.1) is 21.4 Å². The topological polar surface area (TPSA) is 89.0 Å². The van der Waals surface area contributed by atoms with Gasteiger partial charge in [-0.25, -0.2) is 0 Å². The second-order valence-corrected chi connectivity index (χ2v) is 3.22. The lowest BCUT2D eigenvalue weighted by molar-refractivity contribution is -0.385. The van der Waals surface area contributed by atoms with Crippen LogP contribution in [0.2, 0.25) is 0 Å². The molecule has 15 heavy (non-hydrogen) atoms. The first-order valence-corrected chi connectivity index (χ1v) is 4.41. The summed E-state index contributed by atoms with van der Waals surface area (Å²) in [7, 11) is 0. The molecule has 0 aromatic carbocycles. The first-order chi connectivity index (χ1) is 7.22. The van der Waals surface area contributed by atoms with Crippen molar-refractivity contribution in [2.75, 3.05) is 0 Å². The maximum absolute atomic E-state index is 10.6. The van der Waals surface area contributed by atoms with E-state index < -0.39 is 4.92 Å². The number of nitro groups is 1. The van der Waals surface area contributed by atoms with E-state index in [0.29, 0.717) is 0 Å². The number of rotatable bonds is 3. The van der Waals surface area contributed by atoms with E-state index in [2.05, 4.69) is 4.98 Å². The van der Waals surface area contributed by atoms with Crippen molar-refractivity contribution in [3.05, 3.63) is 28.1 Å². The van der Waals surface area contributed by atoms with Gasteiger partial charge in [0, 0.05) is 0 Å². The van der Waals surface area contributed by atoms with Crippen LogP contribution >= 0.6 is 0 Å². The summed E-state index contributed by atoms with van der Waals surface area (Å²) in [5.41, 5.74) is -0.363. The molecule has 0 atom stereocenters. The van der Waals surface area contributed by atoms with E-state index in [9.17, 15) is 10.1 Å². The van der Waals surface area contributed by atoms with Gasteiger partial charge in [0.05, 0.1) is 17.2 Å². The monoisotopic (exact) mass is 205 g/mol. The highest BCUT2D eigenvalue weighted by atomic mass is 16.6. The van der Waals surface area contributed by atoms with Crippen LogP contribution < -0.4 is 4.74 Å². The smallest absolute Gasteiger partial charge is 0.309 e. The number of nitriles is 1. The molecule has 0 N–H and O–H groups in total. The summed E-state index contributed by atoms with van der Waals surface area (Å²) in [6.45, 7) is 0. The average Bonchev–Trinajstić information content (AvgIpc) is 3.01. The van der Waals surface area contributed by atoms with Gasteiger partial charge in [-0.15, -0.1) is 0 Å². The lowest BCUT2D eigenvalue weighted by Gasteiger charge is -2.04. The van der Waals surface area contributed by atoms with E-state index in [4.69, 9.17) is 10.00 Å². The van der Waals surface area contributed by atoms with Crippen molar-refractivity contribution in [2.24, 2.45) is 0 Å². The second kappa shape index (κ2) is 3.53. The van der Waals surface area contributed by atoms with E-state index in [-0.39, 0.29) is 23.1 Å². The molecule has 0 aliphatic heterocycles. The molecule has 1 saturated carbocycles. The minimum Gasteiger partial charge on any atom is -0.487 e. The van der Waals surface area contributed by atoms with Gasteiger partial charge in [0.25, 0.3) is 0 Å². The van der Waals surface area contributed by atoms with Gasteiger partial charge in [-0.1, -0.05) is 0 Å². The van der Waals surface area contributed by atoms with Crippen molar-refractivity contribution >= 4 is 5.69 Å². The fourth-order valence-electron chi connectivity index (χ4n) is 1.14. The maximum Gasteiger partial charge on any atom is 0.309 e. The molecular formula is C9H7N3O3. The Kier molecular flexibility index (Phi) is 2.21. The molecule has 1 fully saturated rings. The predicted octanol–water partition coefficient (Wildman–Crippen LogP) is 1.40. The average molecular weight is 205 g/mol. The number of nitrogens with zero attached hydrogens (tertiary/aromatic N) is 3.